The number of aromatic nitrogens is 1. The van der Waals surface area contributed by atoms with Crippen LogP contribution in [0.5, 0.6) is 5.75 Å². The Bertz CT molecular complexity index is 1280. The molecular weight excluding hydrogens is 487 g/mol. The monoisotopic (exact) mass is 509 g/mol. The van der Waals surface area contributed by atoms with Gasteiger partial charge in [0, 0.05) is 27.6 Å². The van der Waals surface area contributed by atoms with E-state index in [0.29, 0.717) is 38.5 Å². The van der Waals surface area contributed by atoms with Gasteiger partial charge < -0.3 is 14.6 Å². The van der Waals surface area contributed by atoms with E-state index >= 15 is 0 Å². The van der Waals surface area contributed by atoms with E-state index in [0.717, 1.165) is 0 Å². The van der Waals surface area contributed by atoms with Crippen molar-refractivity contribution in [3.63, 3.8) is 0 Å². The summed E-state index contributed by atoms with van der Waals surface area (Å²) in [6.07, 6.45) is -5.38. The average Bonchev–Trinajstić information content (AvgIpc) is 3.41. The Kier molecular flexibility index (Phi) is 6.59. The number of alkyl halides is 3. The number of hydrogen-bond donors (Lipinski definition) is 1. The van der Waals surface area contributed by atoms with Gasteiger partial charge in [-0.2, -0.15) is 13.2 Å². The van der Waals surface area contributed by atoms with Gasteiger partial charge in [-0.1, -0.05) is 11.6 Å². The third-order valence-electron chi connectivity index (χ3n) is 6.45. The maximum absolute atomic E-state index is 13.3. The Labute approximate surface area is 204 Å². The summed E-state index contributed by atoms with van der Waals surface area (Å²) in [5, 5.41) is 10.7. The number of nitrogens with zero attached hydrogens (tertiary/aromatic N) is 1. The highest BCUT2D eigenvalue weighted by Crippen LogP contribution is 2.55. The van der Waals surface area contributed by atoms with Gasteiger partial charge >= 0.3 is 12.1 Å². The standard InChI is InChI=1S/C25H23ClF3NO5/c1-14-19(12-22(31)35-10-9-16-13-24(16,33)25(27,28)29)20-11-18(34-2)7-8-21(20)30(14)23(32)15-3-5-17(26)6-4-15/h3-8,11,16,33H,9-10,12-13H2,1-2H3/t16-,24-/m1/s1. The summed E-state index contributed by atoms with van der Waals surface area (Å²) in [4.78, 5) is 25.9. The van der Waals surface area contributed by atoms with E-state index in [2.05, 4.69) is 0 Å². The number of fused-ring (bicyclic) bond motifs is 1. The van der Waals surface area contributed by atoms with Gasteiger partial charge in [0.25, 0.3) is 5.91 Å². The molecule has 1 aliphatic carbocycles. The molecule has 1 saturated carbocycles. The van der Waals surface area contributed by atoms with E-state index in [1.165, 1.54) is 11.7 Å². The Morgan fingerprint density at radius 3 is 2.49 bits per heavy atom. The van der Waals surface area contributed by atoms with Crippen molar-refractivity contribution in [3.8, 4) is 5.75 Å². The molecule has 6 nitrogen and oxygen atoms in total. The zero-order valence-corrected chi connectivity index (χ0v) is 19.7. The van der Waals surface area contributed by atoms with Gasteiger partial charge in [-0.3, -0.25) is 14.2 Å². The number of hydrogen-bond acceptors (Lipinski definition) is 5. The second-order valence-corrected chi connectivity index (χ2v) is 9.04. The van der Waals surface area contributed by atoms with E-state index in [1.54, 1.807) is 49.4 Å². The predicted molar refractivity (Wildman–Crippen MR) is 123 cm³/mol. The number of esters is 1. The quantitative estimate of drug-likeness (QED) is 0.449. The van der Waals surface area contributed by atoms with Crippen LogP contribution in [0.3, 0.4) is 0 Å². The van der Waals surface area contributed by atoms with Crippen LogP contribution in [0.2, 0.25) is 5.02 Å². The molecule has 186 valence electrons. The van der Waals surface area contributed by atoms with Crippen molar-refractivity contribution < 1.29 is 37.3 Å². The van der Waals surface area contributed by atoms with Crippen molar-refractivity contribution in [2.45, 2.75) is 38.0 Å². The first-order chi connectivity index (χ1) is 16.5. The van der Waals surface area contributed by atoms with Crippen molar-refractivity contribution >= 4 is 34.4 Å². The average molecular weight is 510 g/mol. The first-order valence-corrected chi connectivity index (χ1v) is 11.3. The molecule has 35 heavy (non-hydrogen) atoms. The lowest BCUT2D eigenvalue weighted by molar-refractivity contribution is -0.224. The minimum Gasteiger partial charge on any atom is -0.497 e. The lowest BCUT2D eigenvalue weighted by Crippen LogP contribution is -2.33. The molecule has 1 heterocycles. The summed E-state index contributed by atoms with van der Waals surface area (Å²) in [6, 6.07) is 11.6. The minimum atomic E-state index is -4.70. The summed E-state index contributed by atoms with van der Waals surface area (Å²) in [5.41, 5.74) is -0.648. The molecule has 0 unspecified atom stereocenters. The first-order valence-electron chi connectivity index (χ1n) is 10.9. The molecule has 0 saturated heterocycles. The topological polar surface area (TPSA) is 77.8 Å². The summed E-state index contributed by atoms with van der Waals surface area (Å²) < 4.78 is 50.4. The largest absolute Gasteiger partial charge is 0.497 e. The zero-order chi connectivity index (χ0) is 25.5. The molecule has 4 rings (SSSR count). The number of benzene rings is 2. The van der Waals surface area contributed by atoms with E-state index in [4.69, 9.17) is 21.1 Å². The summed E-state index contributed by atoms with van der Waals surface area (Å²) in [6.45, 7) is 1.46. The molecule has 10 heteroatoms. The fourth-order valence-corrected chi connectivity index (χ4v) is 4.44. The van der Waals surface area contributed by atoms with Crippen LogP contribution >= 0.6 is 11.6 Å². The Morgan fingerprint density at radius 2 is 1.89 bits per heavy atom. The second-order valence-electron chi connectivity index (χ2n) is 8.60. The normalized spacial score (nSPS) is 19.6. The van der Waals surface area contributed by atoms with Crippen LogP contribution in [0.4, 0.5) is 13.2 Å². The fraction of sp³-hybridized carbons (Fsp3) is 0.360. The van der Waals surface area contributed by atoms with Gasteiger partial charge in [0.05, 0.1) is 25.7 Å². The molecule has 1 fully saturated rings. The Morgan fingerprint density at radius 1 is 1.20 bits per heavy atom. The smallest absolute Gasteiger partial charge is 0.417 e. The molecule has 0 radical (unpaired) electrons. The SMILES string of the molecule is COc1ccc2c(c1)c(CC(=O)OCC[C@@H]1C[C@]1(O)C(F)(F)F)c(C)n2C(=O)c1ccc(Cl)cc1. The molecule has 1 aliphatic rings. The molecule has 0 aliphatic heterocycles. The first kappa shape index (κ1) is 25.1. The lowest BCUT2D eigenvalue weighted by atomic mass is 10.1. The van der Waals surface area contributed by atoms with Gasteiger partial charge in [0.15, 0.2) is 5.60 Å². The highest BCUT2D eigenvalue weighted by Gasteiger charge is 2.69. The molecule has 1 N–H and O–H groups in total. The third kappa shape index (κ3) is 4.75. The molecule has 2 aromatic carbocycles. The summed E-state index contributed by atoms with van der Waals surface area (Å²) in [5.74, 6) is -1.41. The highest BCUT2D eigenvalue weighted by atomic mass is 35.5. The van der Waals surface area contributed by atoms with Crippen molar-refractivity contribution in [2.24, 2.45) is 5.92 Å². The van der Waals surface area contributed by atoms with Crippen molar-refractivity contribution in [2.75, 3.05) is 13.7 Å². The van der Waals surface area contributed by atoms with Gasteiger partial charge in [-0.15, -0.1) is 0 Å². The second kappa shape index (κ2) is 9.20. The van der Waals surface area contributed by atoms with Crippen molar-refractivity contribution in [3.05, 3.63) is 64.3 Å². The molecular formula is C25H23ClF3NO5. The number of ether oxygens (including phenoxy) is 2. The van der Waals surface area contributed by atoms with Crippen LogP contribution in [0.25, 0.3) is 10.9 Å². The Balaban J connectivity index is 1.55. The number of rotatable bonds is 7. The minimum absolute atomic E-state index is 0.0919. The molecule has 1 aromatic heterocycles. The number of carbonyl (C=O) groups excluding carboxylic acids is 2. The molecule has 3 aromatic rings. The molecule has 2 atom stereocenters. The highest BCUT2D eigenvalue weighted by molar-refractivity contribution is 6.30. The van der Waals surface area contributed by atoms with E-state index < -0.39 is 30.1 Å². The van der Waals surface area contributed by atoms with Crippen molar-refractivity contribution in [1.29, 1.82) is 0 Å². The van der Waals surface area contributed by atoms with Crippen LogP contribution in [0, 0.1) is 12.8 Å². The zero-order valence-electron chi connectivity index (χ0n) is 19.0. The number of halogens is 4. The van der Waals surface area contributed by atoms with Crippen LogP contribution in [-0.2, 0) is 16.0 Å². The number of aliphatic hydroxyl groups is 1. The lowest BCUT2D eigenvalue weighted by Gasteiger charge is -2.14. The maximum atomic E-state index is 13.3. The van der Waals surface area contributed by atoms with Crippen LogP contribution in [-0.4, -0.2) is 47.0 Å². The van der Waals surface area contributed by atoms with Crippen LogP contribution < -0.4 is 4.74 Å². The summed E-state index contributed by atoms with van der Waals surface area (Å²) >= 11 is 5.93. The molecule has 0 spiro atoms. The predicted octanol–water partition coefficient (Wildman–Crippen LogP) is 5.09. The van der Waals surface area contributed by atoms with Gasteiger partial charge in [-0.05, 0) is 67.8 Å². The molecule has 0 amide bonds. The maximum Gasteiger partial charge on any atom is 0.417 e. The Hall–Kier alpha value is -3.04. The van der Waals surface area contributed by atoms with E-state index in [1.807, 2.05) is 0 Å². The van der Waals surface area contributed by atoms with E-state index in [9.17, 15) is 27.9 Å². The van der Waals surface area contributed by atoms with Gasteiger partial charge in [0.2, 0.25) is 0 Å². The summed E-state index contributed by atoms with van der Waals surface area (Å²) in [7, 11) is 1.50. The van der Waals surface area contributed by atoms with Gasteiger partial charge in [0.1, 0.15) is 5.75 Å². The van der Waals surface area contributed by atoms with Crippen LogP contribution in [0.15, 0.2) is 42.5 Å². The van der Waals surface area contributed by atoms with Gasteiger partial charge in [-0.25, -0.2) is 0 Å². The number of carbonyl (C=O) groups is 2. The van der Waals surface area contributed by atoms with Crippen molar-refractivity contribution in [1.82, 2.24) is 4.57 Å². The number of methoxy groups -OCH3 is 1. The fourth-order valence-electron chi connectivity index (χ4n) is 4.31. The molecule has 0 bridgehead atoms. The van der Waals surface area contributed by atoms with Crippen LogP contribution in [0.1, 0.15) is 34.5 Å². The van der Waals surface area contributed by atoms with E-state index in [-0.39, 0.29) is 25.4 Å². The third-order valence-corrected chi connectivity index (χ3v) is 6.70.